The molecule has 1 aliphatic rings. The fourth-order valence-corrected chi connectivity index (χ4v) is 3.90. The highest BCUT2D eigenvalue weighted by molar-refractivity contribution is 7.89. The number of nitrogens with two attached hydrogens (primary N) is 1. The Kier molecular flexibility index (Phi) is 4.92. The Morgan fingerprint density at radius 2 is 2.05 bits per heavy atom. The highest BCUT2D eigenvalue weighted by atomic mass is 32.2. The van der Waals surface area contributed by atoms with E-state index >= 15 is 0 Å². The summed E-state index contributed by atoms with van der Waals surface area (Å²) < 4.78 is 26.7. The van der Waals surface area contributed by atoms with Crippen molar-refractivity contribution >= 4 is 15.7 Å². The molecule has 1 aromatic rings. The topological polar surface area (TPSA) is 115 Å². The SMILES string of the molecule is NC1CCC(CCNS(=O)(=O)c2ccccc2[N+](=O)[O-])C1. The van der Waals surface area contributed by atoms with Gasteiger partial charge in [-0.2, -0.15) is 0 Å². The summed E-state index contributed by atoms with van der Waals surface area (Å²) in [6, 6.07) is 5.55. The van der Waals surface area contributed by atoms with Gasteiger partial charge in [-0.05, 0) is 37.7 Å². The van der Waals surface area contributed by atoms with Gasteiger partial charge < -0.3 is 5.73 Å². The van der Waals surface area contributed by atoms with E-state index in [0.29, 0.717) is 12.3 Å². The third-order valence-electron chi connectivity index (χ3n) is 3.78. The Hall–Kier alpha value is -1.51. The molecule has 0 amide bonds. The van der Waals surface area contributed by atoms with Gasteiger partial charge in [-0.15, -0.1) is 0 Å². The van der Waals surface area contributed by atoms with Crippen LogP contribution in [0.2, 0.25) is 0 Å². The van der Waals surface area contributed by atoms with Crippen LogP contribution in [-0.2, 0) is 10.0 Å². The molecule has 1 saturated carbocycles. The molecule has 21 heavy (non-hydrogen) atoms. The number of nitro groups is 1. The first-order valence-electron chi connectivity index (χ1n) is 6.89. The molecule has 0 spiro atoms. The second-order valence-electron chi connectivity index (χ2n) is 5.35. The van der Waals surface area contributed by atoms with Crippen LogP contribution in [-0.4, -0.2) is 25.9 Å². The Bertz CT molecular complexity index is 618. The van der Waals surface area contributed by atoms with Crippen LogP contribution < -0.4 is 10.5 Å². The van der Waals surface area contributed by atoms with Crippen molar-refractivity contribution in [3.05, 3.63) is 34.4 Å². The van der Waals surface area contributed by atoms with Crippen molar-refractivity contribution in [1.29, 1.82) is 0 Å². The smallest absolute Gasteiger partial charge is 0.289 e. The third kappa shape index (κ3) is 3.99. The van der Waals surface area contributed by atoms with Crippen molar-refractivity contribution < 1.29 is 13.3 Å². The third-order valence-corrected chi connectivity index (χ3v) is 5.29. The van der Waals surface area contributed by atoms with Gasteiger partial charge in [0.25, 0.3) is 5.69 Å². The maximum absolute atomic E-state index is 12.2. The average Bonchev–Trinajstić information content (AvgIpc) is 2.84. The largest absolute Gasteiger partial charge is 0.328 e. The van der Waals surface area contributed by atoms with Crippen LogP contribution in [0.1, 0.15) is 25.7 Å². The first-order chi connectivity index (χ1) is 9.90. The van der Waals surface area contributed by atoms with Gasteiger partial charge in [0, 0.05) is 18.7 Å². The molecule has 2 atom stereocenters. The minimum Gasteiger partial charge on any atom is -0.328 e. The van der Waals surface area contributed by atoms with E-state index in [1.54, 1.807) is 0 Å². The van der Waals surface area contributed by atoms with E-state index in [1.165, 1.54) is 24.3 Å². The number of hydrogen-bond acceptors (Lipinski definition) is 5. The van der Waals surface area contributed by atoms with Crippen LogP contribution in [0.25, 0.3) is 0 Å². The van der Waals surface area contributed by atoms with Gasteiger partial charge in [-0.25, -0.2) is 13.1 Å². The molecule has 0 bridgehead atoms. The minimum atomic E-state index is -3.86. The number of sulfonamides is 1. The van der Waals surface area contributed by atoms with E-state index in [1.807, 2.05) is 0 Å². The lowest BCUT2D eigenvalue weighted by atomic mass is 10.0. The number of nitrogens with one attached hydrogen (secondary N) is 1. The monoisotopic (exact) mass is 313 g/mol. The number of para-hydroxylation sites is 1. The summed E-state index contributed by atoms with van der Waals surface area (Å²) in [6.07, 6.45) is 3.59. The molecule has 0 aliphatic heterocycles. The van der Waals surface area contributed by atoms with Crippen LogP contribution in [0.3, 0.4) is 0 Å². The second kappa shape index (κ2) is 6.50. The van der Waals surface area contributed by atoms with Gasteiger partial charge in [0.2, 0.25) is 10.0 Å². The molecule has 2 rings (SSSR count). The van der Waals surface area contributed by atoms with Gasteiger partial charge in [0.05, 0.1) is 4.92 Å². The van der Waals surface area contributed by atoms with E-state index in [-0.39, 0.29) is 17.5 Å². The average molecular weight is 313 g/mol. The van der Waals surface area contributed by atoms with Gasteiger partial charge in [-0.3, -0.25) is 10.1 Å². The van der Waals surface area contributed by atoms with E-state index in [4.69, 9.17) is 5.73 Å². The summed E-state index contributed by atoms with van der Waals surface area (Å²) in [6.45, 7) is 0.270. The number of nitrogens with zero attached hydrogens (tertiary/aromatic N) is 1. The fourth-order valence-electron chi connectivity index (χ4n) is 2.69. The Labute approximate surface area is 123 Å². The normalized spacial score (nSPS) is 22.3. The molecule has 8 heteroatoms. The van der Waals surface area contributed by atoms with E-state index in [2.05, 4.69) is 4.72 Å². The van der Waals surface area contributed by atoms with Crippen LogP contribution >= 0.6 is 0 Å². The van der Waals surface area contributed by atoms with Crippen molar-refractivity contribution in [2.24, 2.45) is 11.7 Å². The summed E-state index contributed by atoms with van der Waals surface area (Å²) in [5.41, 5.74) is 5.40. The maximum atomic E-state index is 12.2. The number of nitro benzene ring substituents is 1. The Morgan fingerprint density at radius 3 is 2.67 bits per heavy atom. The first-order valence-corrected chi connectivity index (χ1v) is 8.37. The summed E-state index contributed by atoms with van der Waals surface area (Å²) in [5.74, 6) is 0.424. The van der Waals surface area contributed by atoms with Crippen LogP contribution in [0.15, 0.2) is 29.2 Å². The molecular formula is C13H19N3O4S. The van der Waals surface area contributed by atoms with Gasteiger partial charge in [0.15, 0.2) is 4.90 Å². The van der Waals surface area contributed by atoms with Crippen molar-refractivity contribution in [3.8, 4) is 0 Å². The quantitative estimate of drug-likeness (QED) is 0.608. The van der Waals surface area contributed by atoms with Crippen LogP contribution in [0.4, 0.5) is 5.69 Å². The molecule has 0 heterocycles. The van der Waals surface area contributed by atoms with Crippen LogP contribution in [0, 0.1) is 16.0 Å². The maximum Gasteiger partial charge on any atom is 0.289 e. The molecule has 1 aromatic carbocycles. The van der Waals surface area contributed by atoms with Gasteiger partial charge in [0.1, 0.15) is 0 Å². The highest BCUT2D eigenvalue weighted by Crippen LogP contribution is 2.27. The lowest BCUT2D eigenvalue weighted by Crippen LogP contribution is -2.26. The molecule has 0 saturated heterocycles. The molecule has 2 unspecified atom stereocenters. The first kappa shape index (κ1) is 15.9. The molecule has 1 fully saturated rings. The highest BCUT2D eigenvalue weighted by Gasteiger charge is 2.26. The zero-order valence-electron chi connectivity index (χ0n) is 11.6. The number of benzene rings is 1. The predicted octanol–water partition coefficient (Wildman–Crippen LogP) is 1.39. The molecule has 1 aliphatic carbocycles. The summed E-state index contributed by atoms with van der Waals surface area (Å²) in [7, 11) is -3.86. The molecule has 0 aromatic heterocycles. The van der Waals surface area contributed by atoms with Crippen molar-refractivity contribution in [2.75, 3.05) is 6.54 Å². The van der Waals surface area contributed by atoms with Gasteiger partial charge >= 0.3 is 0 Å². The summed E-state index contributed by atoms with van der Waals surface area (Å²) in [5, 5.41) is 10.9. The lowest BCUT2D eigenvalue weighted by Gasteiger charge is -2.11. The second-order valence-corrected chi connectivity index (χ2v) is 7.09. The standard InChI is InChI=1S/C13H19N3O4S/c14-11-6-5-10(9-11)7-8-15-21(19,20)13-4-2-1-3-12(13)16(17)18/h1-4,10-11,15H,5-9,14H2. The van der Waals surface area contributed by atoms with Gasteiger partial charge in [-0.1, -0.05) is 12.1 Å². The van der Waals surface area contributed by atoms with E-state index in [9.17, 15) is 18.5 Å². The molecule has 116 valence electrons. The predicted molar refractivity (Wildman–Crippen MR) is 78.2 cm³/mol. The molecule has 3 N–H and O–H groups in total. The Morgan fingerprint density at radius 1 is 1.33 bits per heavy atom. The zero-order valence-corrected chi connectivity index (χ0v) is 12.4. The molecule has 7 nitrogen and oxygen atoms in total. The minimum absolute atomic E-state index is 0.210. The summed E-state index contributed by atoms with van der Waals surface area (Å²) in [4.78, 5) is 9.90. The summed E-state index contributed by atoms with van der Waals surface area (Å²) >= 11 is 0. The Balaban J connectivity index is 2.00. The lowest BCUT2D eigenvalue weighted by molar-refractivity contribution is -0.387. The van der Waals surface area contributed by atoms with Crippen molar-refractivity contribution in [2.45, 2.75) is 36.6 Å². The van der Waals surface area contributed by atoms with E-state index in [0.717, 1.165) is 19.3 Å². The molecule has 0 radical (unpaired) electrons. The van der Waals surface area contributed by atoms with Crippen LogP contribution in [0.5, 0.6) is 0 Å². The molecular weight excluding hydrogens is 294 g/mol. The number of rotatable bonds is 6. The number of hydrogen-bond donors (Lipinski definition) is 2. The van der Waals surface area contributed by atoms with E-state index < -0.39 is 20.6 Å². The van der Waals surface area contributed by atoms with Crippen molar-refractivity contribution in [3.63, 3.8) is 0 Å². The fraction of sp³-hybridized carbons (Fsp3) is 0.538. The van der Waals surface area contributed by atoms with Crippen molar-refractivity contribution in [1.82, 2.24) is 4.72 Å². The zero-order chi connectivity index (χ0) is 15.5.